The maximum absolute atomic E-state index is 15.7. The normalized spacial score (nSPS) is 16.4. The van der Waals surface area contributed by atoms with Crippen LogP contribution in [0.1, 0.15) is 102 Å². The van der Waals surface area contributed by atoms with Crippen LogP contribution in [-0.4, -0.2) is 112 Å². The Morgan fingerprint density at radius 1 is 0.959 bits per heavy atom. The number of benzene rings is 1. The highest BCUT2D eigenvalue weighted by Crippen LogP contribution is 2.32. The van der Waals surface area contributed by atoms with Crippen molar-refractivity contribution in [3.63, 3.8) is 0 Å². The number of nitrogens with zero attached hydrogens (tertiary/aromatic N) is 7. The number of amides is 7. The number of aryl methyl sites for hydroxylation is 1. The molecule has 1 aliphatic carbocycles. The lowest BCUT2D eigenvalue weighted by atomic mass is 9.89. The SMILES string of the molecule is Cc1cccc(-c2[nH]c(CN(C(=O)OCc3ccc(NC(=O)[C@H](CCCNC(N)=O)CC(=O)[C@@H](NC(=O)CCCCCN4C(=O)C=CC4=O)C(C)C)cc3)[C@H]3CCCC[C@@H]3F)nc2-c2ccn3ncnc3c2)n1. The van der Waals surface area contributed by atoms with Crippen molar-refractivity contribution in [2.24, 2.45) is 17.6 Å². The Labute approximate surface area is 422 Å². The molecule has 0 spiro atoms. The Balaban J connectivity index is 0.978. The molecule has 21 heteroatoms. The number of nitrogens with two attached hydrogens (primary N) is 1. The molecule has 0 unspecified atom stereocenters. The van der Waals surface area contributed by atoms with Gasteiger partial charge in [-0.15, -0.1) is 0 Å². The van der Waals surface area contributed by atoms with Gasteiger partial charge in [0, 0.05) is 67.1 Å². The highest BCUT2D eigenvalue weighted by atomic mass is 19.1. The number of nitrogens with one attached hydrogen (secondary N) is 4. The lowest BCUT2D eigenvalue weighted by Crippen LogP contribution is -2.47. The Kier molecular flexibility index (Phi) is 18.1. The second-order valence-electron chi connectivity index (χ2n) is 18.8. The predicted octanol–water partition coefficient (Wildman–Crippen LogP) is 6.50. The van der Waals surface area contributed by atoms with Crippen molar-refractivity contribution in [1.29, 1.82) is 0 Å². The number of rotatable bonds is 24. The van der Waals surface area contributed by atoms with Gasteiger partial charge in [0.15, 0.2) is 11.4 Å². The summed E-state index contributed by atoms with van der Waals surface area (Å²) in [5.74, 6) is -2.52. The minimum atomic E-state index is -1.27. The first kappa shape index (κ1) is 53.0. The number of hydrogen-bond donors (Lipinski definition) is 5. The zero-order valence-electron chi connectivity index (χ0n) is 41.4. The number of primary amides is 1. The van der Waals surface area contributed by atoms with Crippen LogP contribution in [0.25, 0.3) is 28.3 Å². The minimum Gasteiger partial charge on any atom is -0.445 e. The van der Waals surface area contributed by atoms with Crippen LogP contribution in [0.5, 0.6) is 0 Å². The van der Waals surface area contributed by atoms with Crippen molar-refractivity contribution in [3.8, 4) is 22.6 Å². The smallest absolute Gasteiger partial charge is 0.410 e. The molecular weight excluding hydrogens is 940 g/mol. The first-order chi connectivity index (χ1) is 35.1. The highest BCUT2D eigenvalue weighted by molar-refractivity contribution is 6.12. The standard InChI is InChI=1S/C52H63FN12O8/c1-32(2)47(62-44(67)16-5-4-8-25-63-45(68)21-22-46(63)69)41(66)27-36(12-10-24-55-51(54)71)50(70)59-37-19-17-34(18-20-37)30-73-52(72)64(40-15-7-6-13-38(40)53)29-42-60-48(35-23-26-65-43(28-35)56-31-57-65)49(61-42)39-14-9-11-33(3)58-39/h9,11,14,17-23,26,28,31-32,36,38,40,47H,4-8,10,12-13,15-16,24-25,27,29-30H2,1-3H3,(H,59,70)(H,60,61)(H,62,67)(H3,54,55,71)/t36-,38+,40+,47+/m1/s1. The molecule has 7 amide bonds. The Morgan fingerprint density at radius 3 is 2.45 bits per heavy atom. The van der Waals surface area contributed by atoms with Crippen molar-refractivity contribution in [1.82, 2.24) is 50.0 Å². The maximum atomic E-state index is 15.7. The molecule has 4 atom stereocenters. The molecule has 5 heterocycles. The molecule has 386 valence electrons. The molecule has 73 heavy (non-hydrogen) atoms. The van der Waals surface area contributed by atoms with E-state index in [0.29, 0.717) is 84.7 Å². The molecule has 5 aromatic rings. The number of ether oxygens (including phenoxy) is 1. The summed E-state index contributed by atoms with van der Waals surface area (Å²) < 4.78 is 23.2. The number of imide groups is 1. The number of Topliss-reactive ketones (excluding diaryl/α,β-unsaturated/α-hetero) is 1. The van der Waals surface area contributed by atoms with Gasteiger partial charge in [0.05, 0.1) is 35.7 Å². The molecule has 1 aliphatic heterocycles. The van der Waals surface area contributed by atoms with Crippen LogP contribution < -0.4 is 21.7 Å². The Morgan fingerprint density at radius 2 is 1.73 bits per heavy atom. The number of imidazole rings is 1. The van der Waals surface area contributed by atoms with E-state index >= 15 is 4.39 Å². The Hall–Kier alpha value is -7.84. The first-order valence-electron chi connectivity index (χ1n) is 24.8. The summed E-state index contributed by atoms with van der Waals surface area (Å²) in [6.45, 7) is 5.71. The fourth-order valence-corrected chi connectivity index (χ4v) is 9.09. The molecular formula is C52H63FN12O8. The molecule has 7 rings (SSSR count). The molecule has 1 fully saturated rings. The number of hydrogen-bond acceptors (Lipinski definition) is 12. The van der Waals surface area contributed by atoms with Crippen LogP contribution in [-0.2, 0) is 41.9 Å². The molecule has 1 aromatic carbocycles. The molecule has 2 aliphatic rings. The van der Waals surface area contributed by atoms with Gasteiger partial charge in [-0.1, -0.05) is 51.3 Å². The second kappa shape index (κ2) is 25.0. The number of H-pyrrole nitrogens is 1. The van der Waals surface area contributed by atoms with E-state index in [1.807, 2.05) is 37.3 Å². The van der Waals surface area contributed by atoms with Crippen molar-refractivity contribution in [2.75, 3.05) is 18.4 Å². The third kappa shape index (κ3) is 14.4. The van der Waals surface area contributed by atoms with E-state index in [4.69, 9.17) is 20.4 Å². The van der Waals surface area contributed by atoms with Gasteiger partial charge in [-0.25, -0.2) is 28.5 Å². The van der Waals surface area contributed by atoms with Crippen LogP contribution >= 0.6 is 0 Å². The lowest BCUT2D eigenvalue weighted by molar-refractivity contribution is -0.137. The number of pyridine rings is 2. The lowest BCUT2D eigenvalue weighted by Gasteiger charge is -2.35. The van der Waals surface area contributed by atoms with E-state index in [9.17, 15) is 33.6 Å². The summed E-state index contributed by atoms with van der Waals surface area (Å²) in [4.78, 5) is 110. The number of carbonyl (C=O) groups excluding carboxylic acids is 7. The third-order valence-electron chi connectivity index (χ3n) is 13.0. The van der Waals surface area contributed by atoms with E-state index in [1.54, 1.807) is 48.8 Å². The van der Waals surface area contributed by atoms with Gasteiger partial charge in [0.1, 0.15) is 24.9 Å². The molecule has 20 nitrogen and oxygen atoms in total. The van der Waals surface area contributed by atoms with Gasteiger partial charge in [-0.05, 0) is 93.3 Å². The fraction of sp³-hybridized carbons (Fsp3) is 0.442. The van der Waals surface area contributed by atoms with E-state index in [0.717, 1.165) is 22.6 Å². The number of aromatic amines is 1. The zero-order valence-corrected chi connectivity index (χ0v) is 41.4. The summed E-state index contributed by atoms with van der Waals surface area (Å²) in [6.07, 6.45) is 8.04. The number of urea groups is 1. The third-order valence-corrected chi connectivity index (χ3v) is 13.0. The van der Waals surface area contributed by atoms with E-state index in [-0.39, 0.29) is 74.9 Å². The average molecular weight is 1000 g/mol. The zero-order chi connectivity index (χ0) is 52.0. The van der Waals surface area contributed by atoms with E-state index in [2.05, 4.69) is 31.0 Å². The number of halogens is 1. The van der Waals surface area contributed by atoms with Gasteiger partial charge in [0.2, 0.25) is 11.8 Å². The van der Waals surface area contributed by atoms with Crippen LogP contribution in [0.3, 0.4) is 0 Å². The number of unbranched alkanes of at least 4 members (excludes halogenated alkanes) is 2. The molecule has 6 N–H and O–H groups in total. The maximum Gasteiger partial charge on any atom is 0.410 e. The van der Waals surface area contributed by atoms with Gasteiger partial charge >= 0.3 is 12.1 Å². The van der Waals surface area contributed by atoms with Crippen molar-refractivity contribution in [3.05, 3.63) is 96.4 Å². The van der Waals surface area contributed by atoms with Crippen LogP contribution in [0.2, 0.25) is 0 Å². The summed E-state index contributed by atoms with van der Waals surface area (Å²) in [7, 11) is 0. The van der Waals surface area contributed by atoms with Crippen LogP contribution in [0.4, 0.5) is 19.7 Å². The van der Waals surface area contributed by atoms with E-state index in [1.165, 1.54) is 23.4 Å². The number of alkyl halides is 1. The summed E-state index contributed by atoms with van der Waals surface area (Å²) >= 11 is 0. The van der Waals surface area contributed by atoms with Crippen molar-refractivity contribution in [2.45, 2.75) is 123 Å². The van der Waals surface area contributed by atoms with Crippen LogP contribution in [0, 0.1) is 18.8 Å². The largest absolute Gasteiger partial charge is 0.445 e. The number of fused-ring (bicyclic) bond motifs is 1. The number of ketones is 1. The first-order valence-corrected chi connectivity index (χ1v) is 24.8. The van der Waals surface area contributed by atoms with Gasteiger partial charge in [0.25, 0.3) is 11.8 Å². The second-order valence-corrected chi connectivity index (χ2v) is 18.8. The summed E-state index contributed by atoms with van der Waals surface area (Å²) in [5, 5.41) is 12.4. The van der Waals surface area contributed by atoms with Gasteiger partial charge < -0.3 is 31.4 Å². The molecule has 1 saturated carbocycles. The topological polar surface area (TPSA) is 269 Å². The number of anilines is 1. The summed E-state index contributed by atoms with van der Waals surface area (Å²) in [6, 6.07) is 13.7. The van der Waals surface area contributed by atoms with Gasteiger partial charge in [-0.3, -0.25) is 38.8 Å². The molecule has 0 bridgehead atoms. The van der Waals surface area contributed by atoms with Crippen molar-refractivity contribution < 1.29 is 42.7 Å². The molecule has 0 saturated heterocycles. The van der Waals surface area contributed by atoms with E-state index < -0.39 is 42.2 Å². The molecule has 4 aromatic heterocycles. The Bertz CT molecular complexity index is 2790. The van der Waals surface area contributed by atoms with Crippen molar-refractivity contribution >= 4 is 52.9 Å². The van der Waals surface area contributed by atoms with Gasteiger partial charge in [-0.2, -0.15) is 5.10 Å². The molecule has 0 radical (unpaired) electrons. The predicted molar refractivity (Wildman–Crippen MR) is 268 cm³/mol. The number of aromatic nitrogens is 6. The minimum absolute atomic E-state index is 0.0689. The summed E-state index contributed by atoms with van der Waals surface area (Å²) in [5.41, 5.74) is 10.2. The highest BCUT2D eigenvalue weighted by Gasteiger charge is 2.36. The fourth-order valence-electron chi connectivity index (χ4n) is 9.09. The quantitative estimate of drug-likeness (QED) is 0.0328. The average Bonchev–Trinajstić information content (AvgIpc) is 4.11. The monoisotopic (exact) mass is 1000 g/mol. The number of carbonyl (C=O) groups is 7. The van der Waals surface area contributed by atoms with Crippen LogP contribution in [0.15, 0.2) is 79.3 Å².